The number of hydrogen-bond donors (Lipinski definition) is 2. The molecule has 0 radical (unpaired) electrons. The molecule has 0 aliphatic carbocycles. The van der Waals surface area contributed by atoms with Crippen LogP contribution in [0.2, 0.25) is 0 Å². The van der Waals surface area contributed by atoms with Gasteiger partial charge >= 0.3 is 0 Å². The van der Waals surface area contributed by atoms with Crippen LogP contribution in [0.4, 0.5) is 0 Å². The van der Waals surface area contributed by atoms with Gasteiger partial charge in [-0.1, -0.05) is 18.2 Å². The predicted octanol–water partition coefficient (Wildman–Crippen LogP) is 3.05. The summed E-state index contributed by atoms with van der Waals surface area (Å²) < 4.78 is 1.33. The first-order valence-electron chi connectivity index (χ1n) is 4.14. The van der Waals surface area contributed by atoms with Crippen molar-refractivity contribution < 1.29 is 0 Å². The lowest BCUT2D eigenvalue weighted by Crippen LogP contribution is -2.09. The standard InChI is InChI=1S/C10H11NS2/c1-11-10(12)8-6-13-9-5-3-2-4-7(8)9/h2-6,10-12H,1H3. The number of fused-ring (bicyclic) bond motifs is 1. The number of hydrogen-bond acceptors (Lipinski definition) is 3. The van der Waals surface area contributed by atoms with E-state index in [1.54, 1.807) is 11.3 Å². The van der Waals surface area contributed by atoms with Gasteiger partial charge in [0, 0.05) is 4.70 Å². The maximum atomic E-state index is 4.46. The Labute approximate surface area is 87.2 Å². The highest BCUT2D eigenvalue weighted by Gasteiger charge is 2.08. The van der Waals surface area contributed by atoms with Gasteiger partial charge in [0.05, 0.1) is 5.37 Å². The van der Waals surface area contributed by atoms with Gasteiger partial charge in [0.15, 0.2) is 0 Å². The molecule has 0 saturated carbocycles. The van der Waals surface area contributed by atoms with Crippen molar-refractivity contribution in [1.82, 2.24) is 5.32 Å². The highest BCUT2D eigenvalue weighted by molar-refractivity contribution is 7.80. The van der Waals surface area contributed by atoms with E-state index in [1.807, 2.05) is 7.05 Å². The summed E-state index contributed by atoms with van der Waals surface area (Å²) in [5.74, 6) is 0. The molecule has 68 valence electrons. The zero-order valence-electron chi connectivity index (χ0n) is 7.32. The fourth-order valence-electron chi connectivity index (χ4n) is 1.37. The minimum Gasteiger partial charge on any atom is -0.305 e. The summed E-state index contributed by atoms with van der Waals surface area (Å²) in [5.41, 5.74) is 1.27. The van der Waals surface area contributed by atoms with E-state index in [2.05, 4.69) is 47.6 Å². The van der Waals surface area contributed by atoms with Crippen molar-refractivity contribution in [2.24, 2.45) is 0 Å². The van der Waals surface area contributed by atoms with Gasteiger partial charge in [-0.3, -0.25) is 0 Å². The fourth-order valence-corrected chi connectivity index (χ4v) is 2.67. The number of nitrogens with one attached hydrogen (secondary N) is 1. The second-order valence-corrected chi connectivity index (χ2v) is 4.31. The first-order valence-corrected chi connectivity index (χ1v) is 5.54. The summed E-state index contributed by atoms with van der Waals surface area (Å²) in [5, 5.41) is 6.74. The molecule has 0 aliphatic rings. The van der Waals surface area contributed by atoms with Crippen LogP contribution >= 0.6 is 24.0 Å². The number of thiophene rings is 1. The summed E-state index contributed by atoms with van der Waals surface area (Å²) in [7, 11) is 1.92. The molecule has 13 heavy (non-hydrogen) atoms. The van der Waals surface area contributed by atoms with Crippen LogP contribution in [0.5, 0.6) is 0 Å². The second-order valence-electron chi connectivity index (χ2n) is 2.88. The van der Waals surface area contributed by atoms with Crippen LogP contribution < -0.4 is 5.32 Å². The van der Waals surface area contributed by atoms with Gasteiger partial charge in [0.1, 0.15) is 0 Å². The summed E-state index contributed by atoms with van der Waals surface area (Å²) >= 11 is 6.23. The number of rotatable bonds is 2. The van der Waals surface area contributed by atoms with Gasteiger partial charge in [-0.2, -0.15) is 12.6 Å². The van der Waals surface area contributed by atoms with Crippen LogP contribution in [0, 0.1) is 0 Å². The first kappa shape index (κ1) is 9.06. The normalized spacial score (nSPS) is 13.4. The largest absolute Gasteiger partial charge is 0.305 e. The second kappa shape index (κ2) is 3.70. The molecule has 1 aromatic heterocycles. The predicted molar refractivity (Wildman–Crippen MR) is 62.6 cm³/mol. The summed E-state index contributed by atoms with van der Waals surface area (Å²) in [6.45, 7) is 0. The smallest absolute Gasteiger partial charge is 0.0771 e. The first-order chi connectivity index (χ1) is 6.33. The summed E-state index contributed by atoms with van der Waals surface area (Å²) in [6.07, 6.45) is 0. The third-order valence-electron chi connectivity index (χ3n) is 2.08. The van der Waals surface area contributed by atoms with Gasteiger partial charge in [0.25, 0.3) is 0 Å². The molecule has 0 spiro atoms. The van der Waals surface area contributed by atoms with E-state index in [0.29, 0.717) is 0 Å². The topological polar surface area (TPSA) is 12.0 Å². The Hall–Kier alpha value is -0.510. The van der Waals surface area contributed by atoms with Gasteiger partial charge in [0.2, 0.25) is 0 Å². The zero-order chi connectivity index (χ0) is 9.26. The van der Waals surface area contributed by atoms with E-state index in [9.17, 15) is 0 Å². The van der Waals surface area contributed by atoms with E-state index in [1.165, 1.54) is 15.6 Å². The van der Waals surface area contributed by atoms with Gasteiger partial charge in [-0.25, -0.2) is 0 Å². The zero-order valence-corrected chi connectivity index (χ0v) is 9.03. The minimum absolute atomic E-state index is 0.135. The van der Waals surface area contributed by atoms with Crippen LogP contribution in [0.3, 0.4) is 0 Å². The molecule has 0 amide bonds. The van der Waals surface area contributed by atoms with E-state index >= 15 is 0 Å². The molecular weight excluding hydrogens is 198 g/mol. The van der Waals surface area contributed by atoms with E-state index in [0.717, 1.165) is 0 Å². The van der Waals surface area contributed by atoms with Gasteiger partial charge < -0.3 is 5.32 Å². The Balaban J connectivity index is 2.57. The maximum absolute atomic E-state index is 4.46. The molecule has 1 N–H and O–H groups in total. The Kier molecular flexibility index (Phi) is 2.58. The van der Waals surface area contributed by atoms with Crippen molar-refractivity contribution in [1.29, 1.82) is 0 Å². The van der Waals surface area contributed by atoms with Crippen LogP contribution in [-0.2, 0) is 0 Å². The van der Waals surface area contributed by atoms with Crippen molar-refractivity contribution >= 4 is 34.1 Å². The average Bonchev–Trinajstić information content (AvgIpc) is 2.60. The fraction of sp³-hybridized carbons (Fsp3) is 0.200. The molecular formula is C10H11NS2. The Morgan fingerprint density at radius 1 is 1.38 bits per heavy atom. The lowest BCUT2D eigenvalue weighted by atomic mass is 10.2. The van der Waals surface area contributed by atoms with Crippen LogP contribution in [0.15, 0.2) is 29.6 Å². The molecule has 0 fully saturated rings. The van der Waals surface area contributed by atoms with E-state index in [4.69, 9.17) is 0 Å². The molecule has 1 atom stereocenters. The highest BCUT2D eigenvalue weighted by Crippen LogP contribution is 2.31. The highest BCUT2D eigenvalue weighted by atomic mass is 32.1. The molecule has 1 aromatic carbocycles. The molecule has 2 rings (SSSR count). The molecule has 0 saturated heterocycles. The molecule has 1 unspecified atom stereocenters. The van der Waals surface area contributed by atoms with Gasteiger partial charge in [-0.15, -0.1) is 11.3 Å². The van der Waals surface area contributed by atoms with E-state index < -0.39 is 0 Å². The van der Waals surface area contributed by atoms with Crippen molar-refractivity contribution in [2.45, 2.75) is 5.37 Å². The lowest BCUT2D eigenvalue weighted by Gasteiger charge is -2.07. The summed E-state index contributed by atoms with van der Waals surface area (Å²) in [6, 6.07) is 8.41. The Bertz CT molecular complexity index is 408. The molecule has 0 aliphatic heterocycles. The third kappa shape index (κ3) is 1.59. The number of thiol groups is 1. The molecule has 1 nitrogen and oxygen atoms in total. The molecule has 2 aromatic rings. The molecule has 0 bridgehead atoms. The van der Waals surface area contributed by atoms with Crippen LogP contribution in [0.1, 0.15) is 10.9 Å². The van der Waals surface area contributed by atoms with Crippen molar-refractivity contribution in [2.75, 3.05) is 7.05 Å². The van der Waals surface area contributed by atoms with Crippen LogP contribution in [-0.4, -0.2) is 7.05 Å². The van der Waals surface area contributed by atoms with Crippen molar-refractivity contribution in [3.8, 4) is 0 Å². The SMILES string of the molecule is CNC(S)c1csc2ccccc12. The van der Waals surface area contributed by atoms with Crippen molar-refractivity contribution in [3.63, 3.8) is 0 Å². The lowest BCUT2D eigenvalue weighted by molar-refractivity contribution is 0.808. The molecule has 1 heterocycles. The summed E-state index contributed by atoms with van der Waals surface area (Å²) in [4.78, 5) is 0. The van der Waals surface area contributed by atoms with Crippen LogP contribution in [0.25, 0.3) is 10.1 Å². The number of benzene rings is 1. The molecule has 3 heteroatoms. The third-order valence-corrected chi connectivity index (χ3v) is 3.60. The van der Waals surface area contributed by atoms with Crippen molar-refractivity contribution in [3.05, 3.63) is 35.2 Å². The Morgan fingerprint density at radius 3 is 2.92 bits per heavy atom. The monoisotopic (exact) mass is 209 g/mol. The Morgan fingerprint density at radius 2 is 2.15 bits per heavy atom. The minimum atomic E-state index is 0.135. The van der Waals surface area contributed by atoms with E-state index in [-0.39, 0.29) is 5.37 Å². The quantitative estimate of drug-likeness (QED) is 0.572. The average molecular weight is 209 g/mol. The van der Waals surface area contributed by atoms with Gasteiger partial charge in [-0.05, 0) is 29.4 Å². The maximum Gasteiger partial charge on any atom is 0.0771 e.